The van der Waals surface area contributed by atoms with Gasteiger partial charge in [0.25, 0.3) is 0 Å². The molecule has 0 rings (SSSR count). The Balaban J connectivity index is 0. The SMILES string of the molecule is COC(CNC(=O)[C@@H](N)CCSC)C(C)C.Cl. The number of rotatable bonds is 8. The van der Waals surface area contributed by atoms with Crippen LogP contribution in [0.25, 0.3) is 0 Å². The summed E-state index contributed by atoms with van der Waals surface area (Å²) in [6.45, 7) is 4.65. The van der Waals surface area contributed by atoms with Gasteiger partial charge in [0.1, 0.15) is 0 Å². The number of carbonyl (C=O) groups is 1. The van der Waals surface area contributed by atoms with Crippen molar-refractivity contribution in [2.75, 3.05) is 25.7 Å². The number of thioether (sulfide) groups is 1. The first-order valence-electron chi connectivity index (χ1n) is 5.58. The Labute approximate surface area is 115 Å². The van der Waals surface area contributed by atoms with E-state index in [0.29, 0.717) is 18.9 Å². The minimum atomic E-state index is -0.405. The van der Waals surface area contributed by atoms with Gasteiger partial charge in [-0.25, -0.2) is 0 Å². The molecule has 0 heterocycles. The molecule has 0 aliphatic carbocycles. The van der Waals surface area contributed by atoms with Crippen molar-refractivity contribution in [3.05, 3.63) is 0 Å². The van der Waals surface area contributed by atoms with Gasteiger partial charge >= 0.3 is 0 Å². The highest BCUT2D eigenvalue weighted by Crippen LogP contribution is 2.04. The van der Waals surface area contributed by atoms with Gasteiger partial charge in [0.15, 0.2) is 0 Å². The summed E-state index contributed by atoms with van der Waals surface area (Å²) >= 11 is 1.70. The molecule has 0 bridgehead atoms. The molecule has 104 valence electrons. The summed E-state index contributed by atoms with van der Waals surface area (Å²) in [7, 11) is 1.66. The molecule has 1 amide bonds. The molecule has 17 heavy (non-hydrogen) atoms. The van der Waals surface area contributed by atoms with Crippen molar-refractivity contribution in [2.45, 2.75) is 32.4 Å². The van der Waals surface area contributed by atoms with Crippen molar-refractivity contribution < 1.29 is 9.53 Å². The topological polar surface area (TPSA) is 64.3 Å². The van der Waals surface area contributed by atoms with Crippen LogP contribution >= 0.6 is 24.2 Å². The molecule has 1 unspecified atom stereocenters. The highest BCUT2D eigenvalue weighted by Gasteiger charge is 2.16. The Bertz CT molecular complexity index is 206. The summed E-state index contributed by atoms with van der Waals surface area (Å²) in [6.07, 6.45) is 2.77. The van der Waals surface area contributed by atoms with E-state index in [2.05, 4.69) is 19.2 Å². The zero-order valence-corrected chi connectivity index (χ0v) is 12.7. The standard InChI is InChI=1S/C11H24N2O2S.ClH/c1-8(2)10(15-3)7-13-11(14)9(12)5-6-16-4;/h8-10H,5-7,12H2,1-4H3,(H,13,14);1H/t9-,10?;/m0./s1. The molecule has 3 N–H and O–H groups in total. The molecule has 2 atom stereocenters. The van der Waals surface area contributed by atoms with Crippen LogP contribution in [0.5, 0.6) is 0 Å². The average Bonchev–Trinajstić information content (AvgIpc) is 2.25. The molecule has 0 fully saturated rings. The van der Waals surface area contributed by atoms with Gasteiger partial charge in [-0.05, 0) is 24.3 Å². The summed E-state index contributed by atoms with van der Waals surface area (Å²) in [5, 5.41) is 2.83. The Hall–Kier alpha value is 0.0300. The van der Waals surface area contributed by atoms with Crippen LogP contribution in [0.15, 0.2) is 0 Å². The van der Waals surface area contributed by atoms with E-state index < -0.39 is 6.04 Å². The third kappa shape index (κ3) is 8.71. The maximum atomic E-state index is 11.6. The minimum absolute atomic E-state index is 0. The summed E-state index contributed by atoms with van der Waals surface area (Å²) in [5.41, 5.74) is 5.74. The van der Waals surface area contributed by atoms with E-state index in [0.717, 1.165) is 5.75 Å². The Morgan fingerprint density at radius 2 is 2.06 bits per heavy atom. The number of amides is 1. The number of nitrogens with two attached hydrogens (primary N) is 1. The van der Waals surface area contributed by atoms with Crippen molar-refractivity contribution in [3.8, 4) is 0 Å². The number of halogens is 1. The van der Waals surface area contributed by atoms with Gasteiger partial charge in [-0.2, -0.15) is 11.8 Å². The van der Waals surface area contributed by atoms with Crippen LogP contribution in [0, 0.1) is 5.92 Å². The molecular weight excluding hydrogens is 260 g/mol. The summed E-state index contributed by atoms with van der Waals surface area (Å²) in [4.78, 5) is 11.6. The smallest absolute Gasteiger partial charge is 0.237 e. The quantitative estimate of drug-likeness (QED) is 0.705. The van der Waals surface area contributed by atoms with Crippen molar-refractivity contribution in [1.29, 1.82) is 0 Å². The van der Waals surface area contributed by atoms with Crippen molar-refractivity contribution >= 4 is 30.1 Å². The first-order chi connectivity index (χ1) is 7.52. The highest BCUT2D eigenvalue weighted by atomic mass is 35.5. The van der Waals surface area contributed by atoms with Crippen LogP contribution in [0.2, 0.25) is 0 Å². The van der Waals surface area contributed by atoms with Crippen LogP contribution in [0.1, 0.15) is 20.3 Å². The molecule has 0 spiro atoms. The predicted molar refractivity (Wildman–Crippen MR) is 76.9 cm³/mol. The zero-order valence-electron chi connectivity index (χ0n) is 11.1. The van der Waals surface area contributed by atoms with E-state index in [1.165, 1.54) is 0 Å². The molecule has 0 aromatic carbocycles. The number of ether oxygens (including phenoxy) is 1. The highest BCUT2D eigenvalue weighted by molar-refractivity contribution is 7.98. The summed E-state index contributed by atoms with van der Waals surface area (Å²) in [6, 6.07) is -0.405. The molecule has 0 aromatic heterocycles. The second-order valence-electron chi connectivity index (χ2n) is 4.15. The lowest BCUT2D eigenvalue weighted by Gasteiger charge is -2.20. The van der Waals surface area contributed by atoms with Gasteiger partial charge in [0.2, 0.25) is 5.91 Å². The summed E-state index contributed by atoms with van der Waals surface area (Å²) in [5.74, 6) is 1.21. The lowest BCUT2D eigenvalue weighted by Crippen LogP contribution is -2.45. The maximum Gasteiger partial charge on any atom is 0.237 e. The molecule has 6 heteroatoms. The second kappa shape index (κ2) is 11.1. The van der Waals surface area contributed by atoms with Crippen LogP contribution < -0.4 is 11.1 Å². The predicted octanol–water partition coefficient (Wildman–Crippen LogP) is 1.28. The Morgan fingerprint density at radius 3 is 2.47 bits per heavy atom. The van der Waals surface area contributed by atoms with Crippen molar-refractivity contribution in [3.63, 3.8) is 0 Å². The average molecular weight is 285 g/mol. The van der Waals surface area contributed by atoms with Crippen molar-refractivity contribution in [1.82, 2.24) is 5.32 Å². The van der Waals surface area contributed by atoms with E-state index in [-0.39, 0.29) is 24.4 Å². The second-order valence-corrected chi connectivity index (χ2v) is 5.14. The van der Waals surface area contributed by atoms with E-state index in [4.69, 9.17) is 10.5 Å². The molecular formula is C11H25ClN2O2S. The first-order valence-corrected chi connectivity index (χ1v) is 6.97. The van der Waals surface area contributed by atoms with Gasteiger partial charge in [-0.3, -0.25) is 4.79 Å². The van der Waals surface area contributed by atoms with Gasteiger partial charge in [-0.1, -0.05) is 13.8 Å². The molecule has 4 nitrogen and oxygen atoms in total. The van der Waals surface area contributed by atoms with E-state index in [1.54, 1.807) is 18.9 Å². The third-order valence-electron chi connectivity index (χ3n) is 2.49. The number of hydrogen-bond donors (Lipinski definition) is 2. The van der Waals surface area contributed by atoms with E-state index >= 15 is 0 Å². The third-order valence-corrected chi connectivity index (χ3v) is 3.14. The number of hydrogen-bond acceptors (Lipinski definition) is 4. The van der Waals surface area contributed by atoms with Crippen LogP contribution in [-0.2, 0) is 9.53 Å². The van der Waals surface area contributed by atoms with Crippen molar-refractivity contribution in [2.24, 2.45) is 11.7 Å². The fourth-order valence-corrected chi connectivity index (χ4v) is 1.79. The van der Waals surface area contributed by atoms with E-state index in [9.17, 15) is 4.79 Å². The molecule has 0 aliphatic rings. The largest absolute Gasteiger partial charge is 0.379 e. The molecule has 0 aliphatic heterocycles. The number of nitrogens with one attached hydrogen (secondary N) is 1. The van der Waals surface area contributed by atoms with Gasteiger partial charge in [0.05, 0.1) is 12.1 Å². The summed E-state index contributed by atoms with van der Waals surface area (Å²) < 4.78 is 5.26. The Kier molecular flexibility index (Phi) is 12.7. The van der Waals surface area contributed by atoms with E-state index in [1.807, 2.05) is 6.26 Å². The van der Waals surface area contributed by atoms with Gasteiger partial charge < -0.3 is 15.8 Å². The molecule has 0 saturated carbocycles. The Morgan fingerprint density at radius 1 is 1.47 bits per heavy atom. The van der Waals surface area contributed by atoms with Crippen LogP contribution in [-0.4, -0.2) is 43.7 Å². The fourth-order valence-electron chi connectivity index (χ4n) is 1.30. The first kappa shape index (κ1) is 19.4. The number of carbonyl (C=O) groups excluding carboxylic acids is 1. The molecule has 0 radical (unpaired) electrons. The minimum Gasteiger partial charge on any atom is -0.379 e. The fraction of sp³-hybridized carbons (Fsp3) is 0.909. The molecule has 0 saturated heterocycles. The van der Waals surface area contributed by atoms with Gasteiger partial charge in [-0.15, -0.1) is 12.4 Å². The monoisotopic (exact) mass is 284 g/mol. The normalized spacial score (nSPS) is 14.0. The lowest BCUT2D eigenvalue weighted by molar-refractivity contribution is -0.123. The van der Waals surface area contributed by atoms with Gasteiger partial charge in [0, 0.05) is 13.7 Å². The molecule has 0 aromatic rings. The van der Waals surface area contributed by atoms with Crippen LogP contribution in [0.3, 0.4) is 0 Å². The maximum absolute atomic E-state index is 11.6. The zero-order chi connectivity index (χ0) is 12.6. The number of methoxy groups -OCH3 is 1. The van der Waals surface area contributed by atoms with Crippen LogP contribution in [0.4, 0.5) is 0 Å². The lowest BCUT2D eigenvalue weighted by atomic mass is 10.1.